The van der Waals surface area contributed by atoms with Crippen molar-refractivity contribution in [2.24, 2.45) is 0 Å². The Bertz CT molecular complexity index is 610. The maximum absolute atomic E-state index is 12.3. The van der Waals surface area contributed by atoms with Gasteiger partial charge in [0.15, 0.2) is 0 Å². The zero-order chi connectivity index (χ0) is 14.5. The lowest BCUT2D eigenvalue weighted by Crippen LogP contribution is -2.28. The largest absolute Gasteiger partial charge is 0.480 e. The summed E-state index contributed by atoms with van der Waals surface area (Å²) in [5.41, 5.74) is 0.889. The van der Waals surface area contributed by atoms with Gasteiger partial charge in [-0.15, -0.1) is 11.3 Å². The molecule has 1 heterocycles. The van der Waals surface area contributed by atoms with Crippen LogP contribution in [0.5, 0.6) is 0 Å². The molecule has 0 bridgehead atoms. The van der Waals surface area contributed by atoms with Crippen LogP contribution in [0.4, 0.5) is 0 Å². The molecule has 0 radical (unpaired) electrons. The number of hydrogen-bond acceptors (Lipinski definition) is 3. The molecule has 2 unspecified atom stereocenters. The first-order valence-electron chi connectivity index (χ1n) is 5.94. The van der Waals surface area contributed by atoms with Gasteiger partial charge in [0.1, 0.15) is 5.25 Å². The first-order valence-corrected chi connectivity index (χ1v) is 8.93. The molecular weight excluding hydrogens is 360 g/mol. The minimum absolute atomic E-state index is 0.278. The number of halogens is 1. The van der Waals surface area contributed by atoms with E-state index in [1.54, 1.807) is 0 Å². The Morgan fingerprint density at radius 3 is 2.50 bits per heavy atom. The van der Waals surface area contributed by atoms with Crippen LogP contribution < -0.4 is 0 Å². The Morgan fingerprint density at radius 1 is 1.25 bits per heavy atom. The van der Waals surface area contributed by atoms with E-state index in [0.717, 1.165) is 14.2 Å². The maximum Gasteiger partial charge on any atom is 0.319 e. The molecule has 0 aliphatic carbocycles. The molecule has 2 aromatic rings. The Hall–Kier alpha value is -0.980. The van der Waals surface area contributed by atoms with E-state index in [4.69, 9.17) is 0 Å². The van der Waals surface area contributed by atoms with Gasteiger partial charge in [-0.1, -0.05) is 30.3 Å². The van der Waals surface area contributed by atoms with Crippen molar-refractivity contribution >= 4 is 44.0 Å². The Morgan fingerprint density at radius 2 is 1.95 bits per heavy atom. The lowest BCUT2D eigenvalue weighted by atomic mass is 10.1. The SMILES string of the molecule is O=C(O)C(Cc1ccccc1)S(=O)Cc1ccc(Br)s1. The highest BCUT2D eigenvalue weighted by Gasteiger charge is 2.25. The number of carboxylic acids is 1. The monoisotopic (exact) mass is 372 g/mol. The molecule has 0 saturated heterocycles. The molecule has 2 rings (SSSR count). The Labute approximate surface area is 132 Å². The third kappa shape index (κ3) is 4.26. The quantitative estimate of drug-likeness (QED) is 0.844. The molecule has 0 aliphatic rings. The van der Waals surface area contributed by atoms with E-state index in [1.807, 2.05) is 42.5 Å². The average molecular weight is 373 g/mol. The molecule has 1 N–H and O–H groups in total. The Kier molecular flexibility index (Phi) is 5.51. The lowest BCUT2D eigenvalue weighted by molar-refractivity contribution is -0.136. The van der Waals surface area contributed by atoms with Crippen molar-refractivity contribution in [3.05, 3.63) is 56.7 Å². The molecule has 0 fully saturated rings. The van der Waals surface area contributed by atoms with Gasteiger partial charge in [-0.05, 0) is 40.0 Å². The van der Waals surface area contributed by atoms with E-state index < -0.39 is 22.0 Å². The van der Waals surface area contributed by atoms with Gasteiger partial charge in [0.2, 0.25) is 0 Å². The second-order valence-electron chi connectivity index (χ2n) is 4.25. The lowest BCUT2D eigenvalue weighted by Gasteiger charge is -2.11. The van der Waals surface area contributed by atoms with Gasteiger partial charge in [0.25, 0.3) is 0 Å². The van der Waals surface area contributed by atoms with Crippen LogP contribution in [0.15, 0.2) is 46.3 Å². The highest BCUT2D eigenvalue weighted by molar-refractivity contribution is 9.11. The number of rotatable bonds is 6. The third-order valence-corrected chi connectivity index (χ3v) is 6.17. The molecule has 106 valence electrons. The van der Waals surface area contributed by atoms with Gasteiger partial charge in [0.05, 0.1) is 9.54 Å². The molecule has 20 heavy (non-hydrogen) atoms. The fourth-order valence-corrected chi connectivity index (χ4v) is 4.83. The molecular formula is C14H13BrO3S2. The first-order chi connectivity index (χ1) is 9.56. The third-order valence-electron chi connectivity index (χ3n) is 2.77. The minimum atomic E-state index is -1.44. The summed E-state index contributed by atoms with van der Waals surface area (Å²) in [6, 6.07) is 13.0. The van der Waals surface area contributed by atoms with Crippen LogP contribution in [-0.2, 0) is 27.8 Å². The fourth-order valence-electron chi connectivity index (χ4n) is 1.79. The summed E-state index contributed by atoms with van der Waals surface area (Å²) in [6.45, 7) is 0. The number of aliphatic carboxylic acids is 1. The second kappa shape index (κ2) is 7.15. The summed E-state index contributed by atoms with van der Waals surface area (Å²) >= 11 is 4.83. The van der Waals surface area contributed by atoms with Gasteiger partial charge in [-0.2, -0.15) is 0 Å². The number of benzene rings is 1. The van der Waals surface area contributed by atoms with E-state index in [2.05, 4.69) is 15.9 Å². The number of thiophene rings is 1. The zero-order valence-electron chi connectivity index (χ0n) is 10.5. The van der Waals surface area contributed by atoms with Gasteiger partial charge in [-0.3, -0.25) is 9.00 Å². The van der Waals surface area contributed by atoms with Crippen molar-refractivity contribution in [3.8, 4) is 0 Å². The van der Waals surface area contributed by atoms with E-state index in [0.29, 0.717) is 0 Å². The molecule has 0 saturated carbocycles. The number of hydrogen-bond donors (Lipinski definition) is 1. The van der Waals surface area contributed by atoms with Gasteiger partial charge in [0, 0.05) is 15.7 Å². The van der Waals surface area contributed by atoms with E-state index >= 15 is 0 Å². The van der Waals surface area contributed by atoms with Gasteiger partial charge >= 0.3 is 5.97 Å². The summed E-state index contributed by atoms with van der Waals surface area (Å²) in [6.07, 6.45) is 0.287. The summed E-state index contributed by atoms with van der Waals surface area (Å²) in [7, 11) is -1.44. The van der Waals surface area contributed by atoms with Crippen molar-refractivity contribution in [1.29, 1.82) is 0 Å². The van der Waals surface area contributed by atoms with Crippen molar-refractivity contribution in [1.82, 2.24) is 0 Å². The minimum Gasteiger partial charge on any atom is -0.480 e. The molecule has 6 heteroatoms. The van der Waals surface area contributed by atoms with Crippen LogP contribution in [0, 0.1) is 0 Å². The standard InChI is InChI=1S/C14H13BrO3S2/c15-13-7-6-11(19-13)9-20(18)12(14(16)17)8-10-4-2-1-3-5-10/h1-7,12H,8-9H2,(H,16,17). The topological polar surface area (TPSA) is 54.4 Å². The maximum atomic E-state index is 12.3. The van der Waals surface area contributed by atoms with Crippen molar-refractivity contribution < 1.29 is 14.1 Å². The van der Waals surface area contributed by atoms with E-state index in [1.165, 1.54) is 11.3 Å². The molecule has 0 aliphatic heterocycles. The fraction of sp³-hybridized carbons (Fsp3) is 0.214. The van der Waals surface area contributed by atoms with Crippen molar-refractivity contribution in [2.45, 2.75) is 17.4 Å². The van der Waals surface area contributed by atoms with Crippen LogP contribution in [0.3, 0.4) is 0 Å². The zero-order valence-corrected chi connectivity index (χ0v) is 13.7. The summed E-state index contributed by atoms with van der Waals surface area (Å²) < 4.78 is 13.2. The van der Waals surface area contributed by atoms with E-state index in [-0.39, 0.29) is 12.2 Å². The smallest absolute Gasteiger partial charge is 0.319 e. The van der Waals surface area contributed by atoms with Crippen molar-refractivity contribution in [2.75, 3.05) is 0 Å². The number of carbonyl (C=O) groups is 1. The van der Waals surface area contributed by atoms with Gasteiger partial charge in [-0.25, -0.2) is 0 Å². The molecule has 0 spiro atoms. The highest BCUT2D eigenvalue weighted by Crippen LogP contribution is 2.24. The van der Waals surface area contributed by atoms with Crippen LogP contribution >= 0.6 is 27.3 Å². The molecule has 1 aromatic carbocycles. The molecule has 0 amide bonds. The summed E-state index contributed by atoms with van der Waals surface area (Å²) in [5.74, 6) is -0.733. The van der Waals surface area contributed by atoms with Crippen LogP contribution in [0.1, 0.15) is 10.4 Å². The normalized spacial score (nSPS) is 13.8. The predicted octanol–water partition coefficient (Wildman–Crippen LogP) is 3.46. The first kappa shape index (κ1) is 15.4. The van der Waals surface area contributed by atoms with E-state index in [9.17, 15) is 14.1 Å². The molecule has 3 nitrogen and oxygen atoms in total. The second-order valence-corrected chi connectivity index (χ2v) is 8.41. The summed E-state index contributed by atoms with van der Waals surface area (Å²) in [4.78, 5) is 12.3. The molecule has 2 atom stereocenters. The average Bonchev–Trinajstić information content (AvgIpc) is 2.82. The van der Waals surface area contributed by atoms with Crippen LogP contribution in [-0.4, -0.2) is 20.5 Å². The number of carboxylic acid groups (broad SMARTS) is 1. The predicted molar refractivity (Wildman–Crippen MR) is 85.4 cm³/mol. The van der Waals surface area contributed by atoms with Crippen LogP contribution in [0.2, 0.25) is 0 Å². The highest BCUT2D eigenvalue weighted by atomic mass is 79.9. The summed E-state index contributed by atoms with van der Waals surface area (Å²) in [5, 5.41) is 8.41. The molecule has 1 aromatic heterocycles. The van der Waals surface area contributed by atoms with Crippen molar-refractivity contribution in [3.63, 3.8) is 0 Å². The van der Waals surface area contributed by atoms with Gasteiger partial charge < -0.3 is 5.11 Å². The Balaban J connectivity index is 2.08. The van der Waals surface area contributed by atoms with Crippen LogP contribution in [0.25, 0.3) is 0 Å².